The number of hydrogen-bond acceptors (Lipinski definition) is 2. The molecule has 0 unspecified atom stereocenters. The minimum absolute atomic E-state index is 0.689. The molecule has 2 nitrogen and oxygen atoms in total. The van der Waals surface area contributed by atoms with Crippen LogP contribution in [0.15, 0.2) is 0 Å². The minimum Gasteiger partial charge on any atom is -0.330 e. The first kappa shape index (κ1) is 9.01. The van der Waals surface area contributed by atoms with Crippen molar-refractivity contribution >= 4 is 0 Å². The molecule has 0 atom stereocenters. The number of nitrogens with one attached hydrogen (secondary N) is 1. The highest BCUT2D eigenvalue weighted by atomic mass is 14.9. The Bertz CT molecular complexity index is 108. The van der Waals surface area contributed by atoms with E-state index in [4.69, 9.17) is 5.73 Å². The Hall–Kier alpha value is -0.0800. The summed E-state index contributed by atoms with van der Waals surface area (Å²) in [5.41, 5.74) is 6.08. The van der Waals surface area contributed by atoms with Crippen molar-refractivity contribution in [2.75, 3.05) is 19.6 Å². The summed E-state index contributed by atoms with van der Waals surface area (Å²) in [6.45, 7) is 5.41. The molecule has 1 aliphatic rings. The van der Waals surface area contributed by atoms with E-state index >= 15 is 0 Å². The smallest absolute Gasteiger partial charge is 0.000772 e. The maximum atomic E-state index is 5.39. The Morgan fingerprint density at radius 1 is 1.45 bits per heavy atom. The van der Waals surface area contributed by atoms with Crippen molar-refractivity contribution in [2.45, 2.75) is 32.6 Å². The van der Waals surface area contributed by atoms with Gasteiger partial charge in [-0.05, 0) is 44.2 Å². The molecule has 2 heteroatoms. The molecule has 0 aromatic rings. The molecular weight excluding hydrogens is 136 g/mol. The Morgan fingerprint density at radius 2 is 2.18 bits per heavy atom. The van der Waals surface area contributed by atoms with Crippen LogP contribution in [0.25, 0.3) is 0 Å². The summed E-state index contributed by atoms with van der Waals surface area (Å²) in [5, 5.41) is 3.46. The van der Waals surface area contributed by atoms with Gasteiger partial charge in [-0.3, -0.25) is 0 Å². The highest BCUT2D eigenvalue weighted by Gasteiger charge is 2.39. The fourth-order valence-corrected chi connectivity index (χ4v) is 1.41. The summed E-state index contributed by atoms with van der Waals surface area (Å²) in [6, 6.07) is 0. The molecule has 11 heavy (non-hydrogen) atoms. The van der Waals surface area contributed by atoms with E-state index in [-0.39, 0.29) is 0 Å². The SMILES string of the molecule is CCC1(CNCCCN)CC1. The molecule has 0 bridgehead atoms. The summed E-state index contributed by atoms with van der Waals surface area (Å²) >= 11 is 0. The molecular formula is C9H20N2. The van der Waals surface area contributed by atoms with E-state index in [1.165, 1.54) is 25.8 Å². The fraction of sp³-hybridized carbons (Fsp3) is 1.00. The summed E-state index contributed by atoms with van der Waals surface area (Å²) < 4.78 is 0. The molecule has 1 fully saturated rings. The molecule has 0 aromatic carbocycles. The van der Waals surface area contributed by atoms with Gasteiger partial charge in [0.25, 0.3) is 0 Å². The van der Waals surface area contributed by atoms with Gasteiger partial charge in [0.05, 0.1) is 0 Å². The second-order valence-corrected chi connectivity index (χ2v) is 3.67. The van der Waals surface area contributed by atoms with Crippen LogP contribution in [0, 0.1) is 5.41 Å². The Kier molecular flexibility index (Phi) is 3.34. The zero-order chi connectivity index (χ0) is 8.16. The van der Waals surface area contributed by atoms with Gasteiger partial charge in [0.1, 0.15) is 0 Å². The number of nitrogens with two attached hydrogens (primary N) is 1. The molecule has 0 amide bonds. The number of rotatable bonds is 6. The molecule has 0 spiro atoms. The molecule has 0 radical (unpaired) electrons. The third-order valence-electron chi connectivity index (χ3n) is 2.76. The highest BCUT2D eigenvalue weighted by molar-refractivity contribution is 4.93. The van der Waals surface area contributed by atoms with Crippen LogP contribution >= 0.6 is 0 Å². The lowest BCUT2D eigenvalue weighted by molar-refractivity contribution is 0.443. The second-order valence-electron chi connectivity index (χ2n) is 3.67. The summed E-state index contributed by atoms with van der Waals surface area (Å²) in [7, 11) is 0. The first-order valence-electron chi connectivity index (χ1n) is 4.74. The molecule has 0 aromatic heterocycles. The van der Waals surface area contributed by atoms with Crippen LogP contribution in [-0.4, -0.2) is 19.6 Å². The van der Waals surface area contributed by atoms with Crippen LogP contribution < -0.4 is 11.1 Å². The zero-order valence-electron chi connectivity index (χ0n) is 7.53. The van der Waals surface area contributed by atoms with Crippen molar-refractivity contribution in [3.05, 3.63) is 0 Å². The number of hydrogen-bond donors (Lipinski definition) is 2. The van der Waals surface area contributed by atoms with Crippen LogP contribution in [0.1, 0.15) is 32.6 Å². The van der Waals surface area contributed by atoms with Crippen molar-refractivity contribution < 1.29 is 0 Å². The van der Waals surface area contributed by atoms with Crippen LogP contribution in [0.3, 0.4) is 0 Å². The molecule has 0 saturated heterocycles. The van der Waals surface area contributed by atoms with Gasteiger partial charge in [0, 0.05) is 6.54 Å². The second kappa shape index (κ2) is 4.07. The molecule has 1 rings (SSSR count). The van der Waals surface area contributed by atoms with Crippen LogP contribution in [0.5, 0.6) is 0 Å². The lowest BCUT2D eigenvalue weighted by Crippen LogP contribution is -2.25. The van der Waals surface area contributed by atoms with Gasteiger partial charge in [0.15, 0.2) is 0 Å². The van der Waals surface area contributed by atoms with Gasteiger partial charge in [-0.1, -0.05) is 6.92 Å². The van der Waals surface area contributed by atoms with Gasteiger partial charge in [-0.15, -0.1) is 0 Å². The highest BCUT2D eigenvalue weighted by Crippen LogP contribution is 2.47. The molecule has 0 aliphatic heterocycles. The molecule has 1 aliphatic carbocycles. The van der Waals surface area contributed by atoms with Gasteiger partial charge in [0.2, 0.25) is 0 Å². The first-order valence-corrected chi connectivity index (χ1v) is 4.74. The fourth-order valence-electron chi connectivity index (χ4n) is 1.41. The van der Waals surface area contributed by atoms with E-state index in [2.05, 4.69) is 12.2 Å². The first-order chi connectivity index (χ1) is 5.33. The van der Waals surface area contributed by atoms with E-state index in [9.17, 15) is 0 Å². The van der Waals surface area contributed by atoms with Crippen molar-refractivity contribution in [3.63, 3.8) is 0 Å². The monoisotopic (exact) mass is 156 g/mol. The van der Waals surface area contributed by atoms with Crippen LogP contribution in [0.2, 0.25) is 0 Å². The van der Waals surface area contributed by atoms with Crippen molar-refractivity contribution in [1.82, 2.24) is 5.32 Å². The Balaban J connectivity index is 1.94. The lowest BCUT2D eigenvalue weighted by Gasteiger charge is -2.12. The Morgan fingerprint density at radius 3 is 2.64 bits per heavy atom. The van der Waals surface area contributed by atoms with Gasteiger partial charge >= 0.3 is 0 Å². The van der Waals surface area contributed by atoms with E-state index in [0.717, 1.165) is 19.5 Å². The predicted molar refractivity (Wildman–Crippen MR) is 48.5 cm³/mol. The summed E-state index contributed by atoms with van der Waals surface area (Å²) in [6.07, 6.45) is 5.31. The lowest BCUT2D eigenvalue weighted by atomic mass is 10.0. The molecule has 3 N–H and O–H groups in total. The average molecular weight is 156 g/mol. The van der Waals surface area contributed by atoms with Crippen molar-refractivity contribution in [1.29, 1.82) is 0 Å². The standard InChI is InChI=1S/C9H20N2/c1-2-9(4-5-9)8-11-7-3-6-10/h11H,2-8,10H2,1H3. The van der Waals surface area contributed by atoms with Gasteiger partial charge in [-0.2, -0.15) is 0 Å². The average Bonchev–Trinajstić information content (AvgIpc) is 2.80. The van der Waals surface area contributed by atoms with Gasteiger partial charge < -0.3 is 11.1 Å². The van der Waals surface area contributed by atoms with E-state index in [1.54, 1.807) is 0 Å². The van der Waals surface area contributed by atoms with Crippen molar-refractivity contribution in [3.8, 4) is 0 Å². The third-order valence-corrected chi connectivity index (χ3v) is 2.76. The maximum absolute atomic E-state index is 5.39. The minimum atomic E-state index is 0.689. The van der Waals surface area contributed by atoms with E-state index in [1.807, 2.05) is 0 Å². The molecule has 1 saturated carbocycles. The third kappa shape index (κ3) is 2.80. The quantitative estimate of drug-likeness (QED) is 0.565. The molecule has 0 heterocycles. The van der Waals surface area contributed by atoms with Crippen molar-refractivity contribution in [2.24, 2.45) is 11.1 Å². The van der Waals surface area contributed by atoms with Gasteiger partial charge in [-0.25, -0.2) is 0 Å². The zero-order valence-corrected chi connectivity index (χ0v) is 7.53. The topological polar surface area (TPSA) is 38.0 Å². The van der Waals surface area contributed by atoms with E-state index in [0.29, 0.717) is 5.41 Å². The maximum Gasteiger partial charge on any atom is 0.000772 e. The summed E-state index contributed by atoms with van der Waals surface area (Å²) in [5.74, 6) is 0. The normalized spacial score (nSPS) is 20.2. The van der Waals surface area contributed by atoms with Crippen LogP contribution in [-0.2, 0) is 0 Å². The van der Waals surface area contributed by atoms with Crippen LogP contribution in [0.4, 0.5) is 0 Å². The largest absolute Gasteiger partial charge is 0.330 e. The van der Waals surface area contributed by atoms with E-state index < -0.39 is 0 Å². The predicted octanol–water partition coefficient (Wildman–Crippen LogP) is 1.11. The molecule has 66 valence electrons. The summed E-state index contributed by atoms with van der Waals surface area (Å²) in [4.78, 5) is 0. The Labute approximate surface area is 69.5 Å².